The Morgan fingerprint density at radius 2 is 2.12 bits per heavy atom. The van der Waals surface area contributed by atoms with Crippen LogP contribution in [-0.2, 0) is 11.2 Å². The molecule has 6 nitrogen and oxygen atoms in total. The van der Waals surface area contributed by atoms with Crippen LogP contribution in [0, 0.1) is 0 Å². The number of pyridine rings is 1. The number of nitrogens with zero attached hydrogens (tertiary/aromatic N) is 4. The molecule has 3 aromatic rings. The number of rotatable bonds is 4. The fourth-order valence-electron chi connectivity index (χ4n) is 3.20. The molecule has 3 heterocycles. The highest BCUT2D eigenvalue weighted by atomic mass is 16.5. The number of morpholine rings is 1. The molecule has 1 aliphatic heterocycles. The zero-order chi connectivity index (χ0) is 17.8. The summed E-state index contributed by atoms with van der Waals surface area (Å²) >= 11 is 0. The van der Waals surface area contributed by atoms with Crippen LogP contribution in [0.1, 0.15) is 22.6 Å². The minimum Gasteiger partial charge on any atom is -0.375 e. The number of carbonyl (C=O) groups excluding carboxylic acids is 1. The molecule has 0 aliphatic carbocycles. The van der Waals surface area contributed by atoms with Crippen LogP contribution in [0.4, 0.5) is 0 Å². The molecule has 1 aromatic carbocycles. The van der Waals surface area contributed by atoms with E-state index in [1.807, 2.05) is 41.3 Å². The number of ether oxygens (including phenoxy) is 1. The van der Waals surface area contributed by atoms with E-state index >= 15 is 0 Å². The second kappa shape index (κ2) is 7.58. The maximum Gasteiger partial charge on any atom is 0.272 e. The summed E-state index contributed by atoms with van der Waals surface area (Å²) in [7, 11) is 0. The number of para-hydroxylation sites is 1. The molecule has 1 amide bonds. The lowest BCUT2D eigenvalue weighted by Crippen LogP contribution is -2.46. The zero-order valence-corrected chi connectivity index (χ0v) is 14.4. The molecule has 4 rings (SSSR count). The van der Waals surface area contributed by atoms with Crippen molar-refractivity contribution < 1.29 is 9.53 Å². The van der Waals surface area contributed by atoms with Gasteiger partial charge in [0.15, 0.2) is 0 Å². The Labute approximate surface area is 151 Å². The summed E-state index contributed by atoms with van der Waals surface area (Å²) in [6.45, 7) is 1.73. The van der Waals surface area contributed by atoms with Crippen molar-refractivity contribution in [3.63, 3.8) is 0 Å². The number of carbonyl (C=O) groups is 1. The summed E-state index contributed by atoms with van der Waals surface area (Å²) in [5.41, 5.74) is 2.32. The van der Waals surface area contributed by atoms with Gasteiger partial charge in [-0.25, -0.2) is 15.0 Å². The van der Waals surface area contributed by atoms with Gasteiger partial charge in [-0.3, -0.25) is 4.79 Å². The smallest absolute Gasteiger partial charge is 0.272 e. The maximum atomic E-state index is 12.9. The summed E-state index contributed by atoms with van der Waals surface area (Å²) < 4.78 is 5.83. The van der Waals surface area contributed by atoms with Gasteiger partial charge >= 0.3 is 0 Å². The summed E-state index contributed by atoms with van der Waals surface area (Å²) in [4.78, 5) is 27.4. The van der Waals surface area contributed by atoms with Gasteiger partial charge < -0.3 is 9.64 Å². The molecule has 0 radical (unpaired) electrons. The Kier molecular flexibility index (Phi) is 4.84. The quantitative estimate of drug-likeness (QED) is 0.725. The van der Waals surface area contributed by atoms with Crippen LogP contribution in [0.3, 0.4) is 0 Å². The highest BCUT2D eigenvalue weighted by Crippen LogP contribution is 2.16. The molecular formula is C20H20N4O2. The number of aromatic nitrogens is 3. The standard InChI is InChI=1S/C20H20N4O2/c25-20(19-8-5-15-3-1-2-4-18(15)23-19)24-11-12-26-17(13-24)7-6-16-9-10-21-14-22-16/h1-5,8-10,14,17H,6-7,11-13H2/t17-/m0/s1. The highest BCUT2D eigenvalue weighted by molar-refractivity contribution is 5.95. The van der Waals surface area contributed by atoms with E-state index in [1.54, 1.807) is 18.6 Å². The first-order chi connectivity index (χ1) is 12.8. The van der Waals surface area contributed by atoms with Crippen LogP contribution in [0.5, 0.6) is 0 Å². The van der Waals surface area contributed by atoms with Crippen LogP contribution >= 0.6 is 0 Å². The van der Waals surface area contributed by atoms with Crippen molar-refractivity contribution in [1.82, 2.24) is 19.9 Å². The van der Waals surface area contributed by atoms with Gasteiger partial charge in [0.2, 0.25) is 0 Å². The molecule has 132 valence electrons. The van der Waals surface area contributed by atoms with Crippen molar-refractivity contribution in [1.29, 1.82) is 0 Å². The lowest BCUT2D eigenvalue weighted by molar-refractivity contribution is -0.0248. The minimum atomic E-state index is -0.0360. The Balaban J connectivity index is 1.42. The minimum absolute atomic E-state index is 0.0168. The van der Waals surface area contributed by atoms with Gasteiger partial charge in [0, 0.05) is 30.4 Å². The number of hydrogen-bond acceptors (Lipinski definition) is 5. The van der Waals surface area contributed by atoms with Gasteiger partial charge in [-0.15, -0.1) is 0 Å². The first kappa shape index (κ1) is 16.6. The Morgan fingerprint density at radius 1 is 1.19 bits per heavy atom. The van der Waals surface area contributed by atoms with Gasteiger partial charge in [0.25, 0.3) is 5.91 Å². The van der Waals surface area contributed by atoms with Crippen LogP contribution in [-0.4, -0.2) is 51.6 Å². The number of aryl methyl sites for hydroxylation is 1. The molecule has 0 unspecified atom stereocenters. The summed E-state index contributed by atoms with van der Waals surface area (Å²) in [6, 6.07) is 13.5. The molecule has 0 spiro atoms. The molecule has 0 bridgehead atoms. The average molecular weight is 348 g/mol. The third-order valence-electron chi connectivity index (χ3n) is 4.61. The second-order valence-corrected chi connectivity index (χ2v) is 6.37. The first-order valence-electron chi connectivity index (χ1n) is 8.81. The third-order valence-corrected chi connectivity index (χ3v) is 4.61. The number of hydrogen-bond donors (Lipinski definition) is 0. The monoisotopic (exact) mass is 348 g/mol. The van der Waals surface area contributed by atoms with Gasteiger partial charge in [-0.05, 0) is 31.0 Å². The average Bonchev–Trinajstić information content (AvgIpc) is 2.72. The molecule has 2 aromatic heterocycles. The van der Waals surface area contributed by atoms with Crippen molar-refractivity contribution in [2.75, 3.05) is 19.7 Å². The largest absolute Gasteiger partial charge is 0.375 e. The lowest BCUT2D eigenvalue weighted by Gasteiger charge is -2.32. The van der Waals surface area contributed by atoms with Crippen LogP contribution in [0.2, 0.25) is 0 Å². The molecule has 1 saturated heterocycles. The molecule has 6 heteroatoms. The van der Waals surface area contributed by atoms with Crippen LogP contribution in [0.15, 0.2) is 55.0 Å². The van der Waals surface area contributed by atoms with E-state index in [9.17, 15) is 4.79 Å². The lowest BCUT2D eigenvalue weighted by atomic mass is 10.1. The molecule has 1 atom stereocenters. The number of fused-ring (bicyclic) bond motifs is 1. The first-order valence-corrected chi connectivity index (χ1v) is 8.81. The van der Waals surface area contributed by atoms with E-state index in [0.717, 1.165) is 29.4 Å². The maximum absolute atomic E-state index is 12.9. The fraction of sp³-hybridized carbons (Fsp3) is 0.300. The fourth-order valence-corrected chi connectivity index (χ4v) is 3.20. The normalized spacial score (nSPS) is 17.4. The van der Waals surface area contributed by atoms with Crippen LogP contribution < -0.4 is 0 Å². The van der Waals surface area contributed by atoms with Gasteiger partial charge in [-0.1, -0.05) is 24.3 Å². The van der Waals surface area contributed by atoms with E-state index in [4.69, 9.17) is 4.74 Å². The van der Waals surface area contributed by atoms with E-state index in [0.29, 0.717) is 25.4 Å². The number of benzene rings is 1. The van der Waals surface area contributed by atoms with Crippen LogP contribution in [0.25, 0.3) is 10.9 Å². The molecule has 0 N–H and O–H groups in total. The van der Waals surface area contributed by atoms with E-state index in [1.165, 1.54) is 0 Å². The Morgan fingerprint density at radius 3 is 3.00 bits per heavy atom. The van der Waals surface area contributed by atoms with Gasteiger partial charge in [0.1, 0.15) is 12.0 Å². The molecular weight excluding hydrogens is 328 g/mol. The zero-order valence-electron chi connectivity index (χ0n) is 14.4. The summed E-state index contributed by atoms with van der Waals surface area (Å²) in [5.74, 6) is -0.0360. The second-order valence-electron chi connectivity index (χ2n) is 6.37. The molecule has 26 heavy (non-hydrogen) atoms. The van der Waals surface area contributed by atoms with E-state index in [2.05, 4.69) is 15.0 Å². The van der Waals surface area contributed by atoms with Crippen molar-refractivity contribution in [3.05, 3.63) is 66.4 Å². The predicted octanol–water partition coefficient (Wildman–Crippen LogP) is 2.50. The van der Waals surface area contributed by atoms with Gasteiger partial charge in [0.05, 0.1) is 18.2 Å². The van der Waals surface area contributed by atoms with Crippen molar-refractivity contribution in [2.24, 2.45) is 0 Å². The molecule has 1 aliphatic rings. The van der Waals surface area contributed by atoms with Gasteiger partial charge in [-0.2, -0.15) is 0 Å². The topological polar surface area (TPSA) is 68.2 Å². The van der Waals surface area contributed by atoms with Crippen molar-refractivity contribution in [3.8, 4) is 0 Å². The molecule has 0 saturated carbocycles. The number of amides is 1. The van der Waals surface area contributed by atoms with Crippen molar-refractivity contribution in [2.45, 2.75) is 18.9 Å². The third kappa shape index (κ3) is 3.70. The predicted molar refractivity (Wildman–Crippen MR) is 97.7 cm³/mol. The summed E-state index contributed by atoms with van der Waals surface area (Å²) in [6.07, 6.45) is 4.95. The van der Waals surface area contributed by atoms with E-state index in [-0.39, 0.29) is 12.0 Å². The van der Waals surface area contributed by atoms with Crippen molar-refractivity contribution >= 4 is 16.8 Å². The Hall–Kier alpha value is -2.86. The highest BCUT2D eigenvalue weighted by Gasteiger charge is 2.25. The molecule has 1 fully saturated rings. The summed E-state index contributed by atoms with van der Waals surface area (Å²) in [5, 5.41) is 1.04. The Bertz CT molecular complexity index is 900. The SMILES string of the molecule is O=C(c1ccc2ccccc2n1)N1CCO[C@@H](CCc2ccncn2)C1. The van der Waals surface area contributed by atoms with E-state index < -0.39 is 0 Å².